The molecule has 1 fully saturated rings. The molecular weight excluding hydrogens is 226 g/mol. The van der Waals surface area contributed by atoms with E-state index in [1.807, 2.05) is 0 Å². The van der Waals surface area contributed by atoms with Crippen LogP contribution in [0, 0.1) is 11.6 Å². The quantitative estimate of drug-likeness (QED) is 0.741. The first-order valence-corrected chi connectivity index (χ1v) is 5.68. The fourth-order valence-electron chi connectivity index (χ4n) is 2.49. The molecule has 0 radical (unpaired) electrons. The molecule has 4 heteroatoms. The number of benzene rings is 1. The van der Waals surface area contributed by atoms with Gasteiger partial charge in [0.15, 0.2) is 0 Å². The van der Waals surface area contributed by atoms with Gasteiger partial charge < -0.3 is 4.74 Å². The molecule has 0 aliphatic heterocycles. The molecule has 1 aliphatic carbocycles. The number of carbonyl (C=O) groups is 1. The molecule has 1 aliphatic rings. The van der Waals surface area contributed by atoms with Gasteiger partial charge in [-0.1, -0.05) is 0 Å². The number of hydrogen-bond donors (Lipinski definition) is 0. The maximum atomic E-state index is 13.2. The minimum absolute atomic E-state index is 0.419. The van der Waals surface area contributed by atoms with Gasteiger partial charge in [-0.2, -0.15) is 0 Å². The van der Waals surface area contributed by atoms with Crippen molar-refractivity contribution in [1.82, 2.24) is 0 Å². The summed E-state index contributed by atoms with van der Waals surface area (Å²) in [6, 6.07) is 3.31. The molecule has 0 spiro atoms. The summed E-state index contributed by atoms with van der Waals surface area (Å²) in [5.41, 5.74) is -0.419. The first-order valence-electron chi connectivity index (χ1n) is 5.68. The summed E-state index contributed by atoms with van der Waals surface area (Å²) in [5, 5.41) is 0. The van der Waals surface area contributed by atoms with Gasteiger partial charge in [0.05, 0.1) is 0 Å². The molecule has 0 amide bonds. The Hall–Kier alpha value is -1.45. The number of carbonyl (C=O) groups excluding carboxylic acids is 1. The Bertz CT molecular complexity index is 417. The Morgan fingerprint density at radius 1 is 1.18 bits per heavy atom. The van der Waals surface area contributed by atoms with Crippen molar-refractivity contribution >= 4 is 5.97 Å². The topological polar surface area (TPSA) is 26.3 Å². The predicted octanol–water partition coefficient (Wildman–Crippen LogP) is 3.30. The number of halogens is 2. The number of rotatable bonds is 2. The van der Waals surface area contributed by atoms with Crippen molar-refractivity contribution < 1.29 is 18.3 Å². The van der Waals surface area contributed by atoms with Gasteiger partial charge in [-0.3, -0.25) is 4.79 Å². The zero-order valence-corrected chi connectivity index (χ0v) is 9.63. The van der Waals surface area contributed by atoms with E-state index in [1.165, 1.54) is 19.1 Å². The zero-order chi connectivity index (χ0) is 12.5. The molecule has 1 saturated carbocycles. The fourth-order valence-corrected chi connectivity index (χ4v) is 2.49. The summed E-state index contributed by atoms with van der Waals surface area (Å²) in [5.74, 6) is -1.70. The smallest absolute Gasteiger partial charge is 0.303 e. The van der Waals surface area contributed by atoms with Crippen LogP contribution in [-0.4, -0.2) is 5.97 Å². The van der Waals surface area contributed by atoms with Crippen LogP contribution in [0.15, 0.2) is 18.2 Å². The van der Waals surface area contributed by atoms with Crippen LogP contribution < -0.4 is 0 Å². The van der Waals surface area contributed by atoms with Crippen LogP contribution in [0.2, 0.25) is 0 Å². The second-order valence-electron chi connectivity index (χ2n) is 4.45. The van der Waals surface area contributed by atoms with E-state index in [2.05, 4.69) is 0 Å². The standard InChI is InChI=1S/C13H14F2O2/c1-9(16)17-13(4-2-3-5-13)10-6-11(14)8-12(15)7-10/h6-8H,2-5H2,1H3. The molecule has 0 aromatic heterocycles. The highest BCUT2D eigenvalue weighted by atomic mass is 19.1. The van der Waals surface area contributed by atoms with Crippen molar-refractivity contribution in [3.63, 3.8) is 0 Å². The Morgan fingerprint density at radius 3 is 2.18 bits per heavy atom. The van der Waals surface area contributed by atoms with Crippen LogP contribution in [0.5, 0.6) is 0 Å². The van der Waals surface area contributed by atoms with E-state index in [-0.39, 0.29) is 0 Å². The van der Waals surface area contributed by atoms with Crippen molar-refractivity contribution in [3.8, 4) is 0 Å². The molecule has 2 rings (SSSR count). The van der Waals surface area contributed by atoms with Gasteiger partial charge >= 0.3 is 5.97 Å². The highest BCUT2D eigenvalue weighted by Crippen LogP contribution is 2.42. The van der Waals surface area contributed by atoms with Crippen LogP contribution in [0.1, 0.15) is 38.2 Å². The van der Waals surface area contributed by atoms with Crippen LogP contribution in [0.3, 0.4) is 0 Å². The lowest BCUT2D eigenvalue weighted by Gasteiger charge is -2.29. The van der Waals surface area contributed by atoms with Crippen LogP contribution >= 0.6 is 0 Å². The maximum Gasteiger partial charge on any atom is 0.303 e. The van der Waals surface area contributed by atoms with Gasteiger partial charge in [0.25, 0.3) is 0 Å². The Morgan fingerprint density at radius 2 is 1.71 bits per heavy atom. The average Bonchev–Trinajstić information content (AvgIpc) is 2.65. The lowest BCUT2D eigenvalue weighted by Crippen LogP contribution is -2.28. The van der Waals surface area contributed by atoms with E-state index in [4.69, 9.17) is 4.74 Å². The Labute approximate surface area is 98.6 Å². The summed E-state index contributed by atoms with van der Waals surface area (Å²) in [7, 11) is 0. The number of esters is 1. The first-order chi connectivity index (χ1) is 8.02. The van der Waals surface area contributed by atoms with Crippen molar-refractivity contribution in [2.24, 2.45) is 0 Å². The van der Waals surface area contributed by atoms with E-state index < -0.39 is 23.2 Å². The minimum atomic E-state index is -0.839. The van der Waals surface area contributed by atoms with Gasteiger partial charge in [-0.05, 0) is 37.8 Å². The molecule has 0 atom stereocenters. The third-order valence-electron chi connectivity index (χ3n) is 3.14. The van der Waals surface area contributed by atoms with Crippen molar-refractivity contribution in [2.75, 3.05) is 0 Å². The molecular formula is C13H14F2O2. The molecule has 0 bridgehead atoms. The molecule has 17 heavy (non-hydrogen) atoms. The van der Waals surface area contributed by atoms with Crippen LogP contribution in [-0.2, 0) is 15.1 Å². The molecule has 0 N–H and O–H groups in total. The number of hydrogen-bond acceptors (Lipinski definition) is 2. The third kappa shape index (κ3) is 2.46. The van der Waals surface area contributed by atoms with Gasteiger partial charge in [0.1, 0.15) is 17.2 Å². The molecule has 0 saturated heterocycles. The summed E-state index contributed by atoms with van der Waals surface area (Å²) in [6.45, 7) is 1.32. The molecule has 0 heterocycles. The van der Waals surface area contributed by atoms with E-state index >= 15 is 0 Å². The number of ether oxygens (including phenoxy) is 1. The molecule has 2 nitrogen and oxygen atoms in total. The van der Waals surface area contributed by atoms with Gasteiger partial charge in [0.2, 0.25) is 0 Å². The van der Waals surface area contributed by atoms with Crippen LogP contribution in [0.4, 0.5) is 8.78 Å². The summed E-state index contributed by atoms with van der Waals surface area (Å²) in [4.78, 5) is 11.1. The highest BCUT2D eigenvalue weighted by molar-refractivity contribution is 5.67. The molecule has 0 unspecified atom stereocenters. The van der Waals surface area contributed by atoms with Crippen molar-refractivity contribution in [1.29, 1.82) is 0 Å². The Balaban J connectivity index is 2.41. The second kappa shape index (κ2) is 4.43. The maximum absolute atomic E-state index is 13.2. The molecule has 1 aromatic rings. The lowest BCUT2D eigenvalue weighted by molar-refractivity contribution is -0.157. The minimum Gasteiger partial charge on any atom is -0.454 e. The third-order valence-corrected chi connectivity index (χ3v) is 3.14. The monoisotopic (exact) mass is 240 g/mol. The molecule has 1 aromatic carbocycles. The summed E-state index contributed by atoms with van der Waals surface area (Å²) in [6.07, 6.45) is 3.03. The van der Waals surface area contributed by atoms with E-state index in [0.717, 1.165) is 18.9 Å². The summed E-state index contributed by atoms with van der Waals surface area (Å²) >= 11 is 0. The first kappa shape index (κ1) is 12.0. The van der Waals surface area contributed by atoms with Crippen molar-refractivity contribution in [2.45, 2.75) is 38.2 Å². The largest absolute Gasteiger partial charge is 0.454 e. The van der Waals surface area contributed by atoms with Gasteiger partial charge in [0, 0.05) is 18.6 Å². The lowest BCUT2D eigenvalue weighted by atomic mass is 9.91. The van der Waals surface area contributed by atoms with Gasteiger partial charge in [-0.25, -0.2) is 8.78 Å². The molecule has 92 valence electrons. The van der Waals surface area contributed by atoms with E-state index in [9.17, 15) is 13.6 Å². The Kier molecular flexibility index (Phi) is 3.13. The normalized spacial score (nSPS) is 18.1. The summed E-state index contributed by atoms with van der Waals surface area (Å²) < 4.78 is 31.7. The van der Waals surface area contributed by atoms with Gasteiger partial charge in [-0.15, -0.1) is 0 Å². The van der Waals surface area contributed by atoms with E-state index in [1.54, 1.807) is 0 Å². The zero-order valence-electron chi connectivity index (χ0n) is 9.63. The van der Waals surface area contributed by atoms with Crippen molar-refractivity contribution in [3.05, 3.63) is 35.4 Å². The van der Waals surface area contributed by atoms with Crippen LogP contribution in [0.25, 0.3) is 0 Å². The highest BCUT2D eigenvalue weighted by Gasteiger charge is 2.39. The average molecular weight is 240 g/mol. The van der Waals surface area contributed by atoms with E-state index in [0.29, 0.717) is 18.4 Å². The predicted molar refractivity (Wildman–Crippen MR) is 58.3 cm³/mol. The fraction of sp³-hybridized carbons (Fsp3) is 0.462. The second-order valence-corrected chi connectivity index (χ2v) is 4.45. The SMILES string of the molecule is CC(=O)OC1(c2cc(F)cc(F)c2)CCCC1.